The van der Waals surface area contributed by atoms with Crippen LogP contribution in [-0.2, 0) is 16.0 Å². The average molecular weight is 539 g/mol. The molecule has 0 bridgehead atoms. The molecule has 166 valence electrons. The molecule has 7 nitrogen and oxygen atoms in total. The molecule has 1 unspecified atom stereocenters. The second-order valence-corrected chi connectivity index (χ2v) is 7.07. The number of rotatable bonds is 7. The van der Waals surface area contributed by atoms with E-state index in [0.29, 0.717) is 32.0 Å². The van der Waals surface area contributed by atoms with Crippen molar-refractivity contribution in [2.75, 3.05) is 32.0 Å². The van der Waals surface area contributed by atoms with Gasteiger partial charge in [0.2, 0.25) is 11.8 Å². The first-order chi connectivity index (χ1) is 14.5. The number of amides is 2. The van der Waals surface area contributed by atoms with E-state index >= 15 is 0 Å². The minimum Gasteiger partial charge on any atom is -0.356 e. The van der Waals surface area contributed by atoms with Gasteiger partial charge in [0, 0.05) is 44.7 Å². The number of aliphatic imine (C=N–C) groups is 1. The lowest BCUT2D eigenvalue weighted by molar-refractivity contribution is -0.120. The van der Waals surface area contributed by atoms with Crippen LogP contribution in [0.5, 0.6) is 0 Å². The maximum atomic E-state index is 12.9. The highest BCUT2D eigenvalue weighted by Gasteiger charge is 2.24. The fourth-order valence-corrected chi connectivity index (χ4v) is 3.36. The Hall–Kier alpha value is -2.69. The maximum absolute atomic E-state index is 12.9. The molecule has 0 aliphatic carbocycles. The van der Waals surface area contributed by atoms with E-state index in [4.69, 9.17) is 0 Å². The Bertz CT molecular complexity index is 920. The molecule has 0 aromatic heterocycles. The molecular weight excluding hydrogens is 512 g/mol. The fourth-order valence-electron chi connectivity index (χ4n) is 3.36. The number of carbonyl (C=O) groups is 2. The summed E-state index contributed by atoms with van der Waals surface area (Å²) < 4.78 is 12.9. The highest BCUT2D eigenvalue weighted by atomic mass is 127. The number of guanidine groups is 1. The third-order valence-electron chi connectivity index (χ3n) is 4.86. The maximum Gasteiger partial charge on any atom is 0.225 e. The second kappa shape index (κ2) is 12.2. The van der Waals surface area contributed by atoms with E-state index in [9.17, 15) is 14.0 Å². The largest absolute Gasteiger partial charge is 0.356 e. The topological polar surface area (TPSA) is 94.6 Å². The van der Waals surface area contributed by atoms with Crippen molar-refractivity contribution >= 4 is 47.4 Å². The highest BCUT2D eigenvalue weighted by molar-refractivity contribution is 14.0. The van der Waals surface area contributed by atoms with Crippen molar-refractivity contribution in [3.05, 3.63) is 65.5 Å². The van der Waals surface area contributed by atoms with Crippen LogP contribution >= 0.6 is 24.0 Å². The summed E-state index contributed by atoms with van der Waals surface area (Å²) in [6.07, 6.45) is 0.622. The standard InChI is InChI=1S/C22H26FN5O2.HI/c1-24-22(26-11-10-25-20(29)12-15-6-8-17(23)9-7-15)27-14-16-13-21(30)28-19-5-3-2-4-18(16)19;/h2-9,16H,10-14H2,1H3,(H,25,29)(H,28,30)(H2,24,26,27);1H. The average Bonchev–Trinajstić information content (AvgIpc) is 2.74. The van der Waals surface area contributed by atoms with Gasteiger partial charge >= 0.3 is 0 Å². The number of anilines is 1. The highest BCUT2D eigenvalue weighted by Crippen LogP contribution is 2.31. The van der Waals surface area contributed by atoms with Crippen molar-refractivity contribution in [1.29, 1.82) is 0 Å². The zero-order valence-corrected chi connectivity index (χ0v) is 19.6. The van der Waals surface area contributed by atoms with Gasteiger partial charge in [0.25, 0.3) is 0 Å². The Morgan fingerprint density at radius 2 is 1.81 bits per heavy atom. The molecule has 0 fully saturated rings. The molecule has 0 spiro atoms. The van der Waals surface area contributed by atoms with Crippen molar-refractivity contribution in [2.24, 2.45) is 4.99 Å². The predicted octanol–water partition coefficient (Wildman–Crippen LogP) is 2.39. The van der Waals surface area contributed by atoms with E-state index in [1.54, 1.807) is 19.2 Å². The Balaban J connectivity index is 0.00000341. The van der Waals surface area contributed by atoms with Crippen LogP contribution in [0.3, 0.4) is 0 Å². The molecule has 0 radical (unpaired) electrons. The zero-order chi connectivity index (χ0) is 21.3. The number of fused-ring (bicyclic) bond motifs is 1. The first kappa shape index (κ1) is 24.6. The molecule has 2 aromatic carbocycles. The van der Waals surface area contributed by atoms with E-state index in [0.717, 1.165) is 16.8 Å². The molecular formula is C22H27FIN5O2. The van der Waals surface area contributed by atoms with Crippen LogP contribution in [0.2, 0.25) is 0 Å². The number of para-hydroxylation sites is 1. The molecule has 1 aliphatic heterocycles. The lowest BCUT2D eigenvalue weighted by atomic mass is 9.90. The summed E-state index contributed by atoms with van der Waals surface area (Å²) in [6, 6.07) is 13.7. The molecule has 1 atom stereocenters. The first-order valence-corrected chi connectivity index (χ1v) is 9.89. The predicted molar refractivity (Wildman–Crippen MR) is 130 cm³/mol. The van der Waals surface area contributed by atoms with Gasteiger partial charge in [-0.25, -0.2) is 4.39 Å². The molecule has 3 rings (SSSR count). The summed E-state index contributed by atoms with van der Waals surface area (Å²) in [5.74, 6) is 0.221. The summed E-state index contributed by atoms with van der Waals surface area (Å²) in [7, 11) is 1.67. The lowest BCUT2D eigenvalue weighted by Gasteiger charge is -2.26. The quantitative estimate of drug-likeness (QED) is 0.188. The molecule has 1 aliphatic rings. The van der Waals surface area contributed by atoms with Gasteiger partial charge < -0.3 is 21.3 Å². The molecule has 2 amide bonds. The summed E-state index contributed by atoms with van der Waals surface area (Å²) in [5.41, 5.74) is 2.72. The number of nitrogens with zero attached hydrogens (tertiary/aromatic N) is 1. The van der Waals surface area contributed by atoms with E-state index in [2.05, 4.69) is 26.3 Å². The molecule has 9 heteroatoms. The van der Waals surface area contributed by atoms with Gasteiger partial charge in [-0.15, -0.1) is 24.0 Å². The molecule has 4 N–H and O–H groups in total. The molecule has 2 aromatic rings. The van der Waals surface area contributed by atoms with Gasteiger partial charge in [-0.2, -0.15) is 0 Å². The number of nitrogens with one attached hydrogen (secondary N) is 4. The fraction of sp³-hybridized carbons (Fsp3) is 0.318. The van der Waals surface area contributed by atoms with Crippen LogP contribution in [0.4, 0.5) is 10.1 Å². The normalized spacial score (nSPS) is 15.2. The first-order valence-electron chi connectivity index (χ1n) is 9.89. The van der Waals surface area contributed by atoms with Crippen molar-refractivity contribution in [3.63, 3.8) is 0 Å². The summed E-state index contributed by atoms with van der Waals surface area (Å²) in [5, 5.41) is 12.1. The van der Waals surface area contributed by atoms with Gasteiger partial charge in [0.1, 0.15) is 5.82 Å². The number of benzene rings is 2. The summed E-state index contributed by atoms with van der Waals surface area (Å²) in [4.78, 5) is 28.1. The second-order valence-electron chi connectivity index (χ2n) is 7.07. The van der Waals surface area contributed by atoms with Crippen LogP contribution in [0.25, 0.3) is 0 Å². The van der Waals surface area contributed by atoms with Crippen LogP contribution in [0.15, 0.2) is 53.5 Å². The Morgan fingerprint density at radius 1 is 1.10 bits per heavy atom. The SMILES string of the molecule is CN=C(NCCNC(=O)Cc1ccc(F)cc1)NCC1CC(=O)Nc2ccccc21.I. The van der Waals surface area contributed by atoms with E-state index in [1.165, 1.54) is 12.1 Å². The van der Waals surface area contributed by atoms with Crippen LogP contribution in [-0.4, -0.2) is 44.5 Å². The van der Waals surface area contributed by atoms with Crippen LogP contribution in [0.1, 0.15) is 23.5 Å². The molecule has 1 heterocycles. The third-order valence-corrected chi connectivity index (χ3v) is 4.86. The van der Waals surface area contributed by atoms with Crippen LogP contribution in [0, 0.1) is 5.82 Å². The van der Waals surface area contributed by atoms with Gasteiger partial charge in [-0.3, -0.25) is 14.6 Å². The van der Waals surface area contributed by atoms with Gasteiger partial charge in [-0.05, 0) is 29.3 Å². The zero-order valence-electron chi connectivity index (χ0n) is 17.3. The molecule has 0 saturated heterocycles. The van der Waals surface area contributed by atoms with Gasteiger partial charge in [0.15, 0.2) is 5.96 Å². The van der Waals surface area contributed by atoms with Crippen molar-refractivity contribution in [2.45, 2.75) is 18.8 Å². The summed E-state index contributed by atoms with van der Waals surface area (Å²) in [6.45, 7) is 1.49. The minimum atomic E-state index is -0.320. The van der Waals surface area contributed by atoms with E-state index < -0.39 is 0 Å². The van der Waals surface area contributed by atoms with E-state index in [1.807, 2.05) is 24.3 Å². The third kappa shape index (κ3) is 7.50. The molecule has 0 saturated carbocycles. The number of carbonyl (C=O) groups excluding carboxylic acids is 2. The number of hydrogen-bond acceptors (Lipinski definition) is 3. The number of halogens is 2. The smallest absolute Gasteiger partial charge is 0.225 e. The van der Waals surface area contributed by atoms with Crippen molar-refractivity contribution in [3.8, 4) is 0 Å². The molecule has 31 heavy (non-hydrogen) atoms. The summed E-state index contributed by atoms with van der Waals surface area (Å²) >= 11 is 0. The van der Waals surface area contributed by atoms with Crippen molar-refractivity contribution < 1.29 is 14.0 Å². The van der Waals surface area contributed by atoms with E-state index in [-0.39, 0.29) is 53.9 Å². The van der Waals surface area contributed by atoms with Crippen molar-refractivity contribution in [1.82, 2.24) is 16.0 Å². The Morgan fingerprint density at radius 3 is 2.55 bits per heavy atom. The Kier molecular flexibility index (Phi) is 9.70. The Labute approximate surface area is 198 Å². The number of hydrogen-bond donors (Lipinski definition) is 4. The van der Waals surface area contributed by atoms with Gasteiger partial charge in [0.05, 0.1) is 6.42 Å². The minimum absolute atomic E-state index is 0. The van der Waals surface area contributed by atoms with Gasteiger partial charge in [-0.1, -0.05) is 30.3 Å². The lowest BCUT2D eigenvalue weighted by Crippen LogP contribution is -2.43. The monoisotopic (exact) mass is 539 g/mol. The van der Waals surface area contributed by atoms with Crippen LogP contribution < -0.4 is 21.3 Å².